The van der Waals surface area contributed by atoms with E-state index in [2.05, 4.69) is 25.2 Å². The molecular formula is C36H30F2N6O6S. The number of halogens is 2. The molecule has 51 heavy (non-hydrogen) atoms. The van der Waals surface area contributed by atoms with Crippen LogP contribution in [0.2, 0.25) is 0 Å². The fourth-order valence-corrected chi connectivity index (χ4v) is 5.86. The maximum atomic E-state index is 16.4. The van der Waals surface area contributed by atoms with Gasteiger partial charge in [-0.1, -0.05) is 48.5 Å². The quantitative estimate of drug-likeness (QED) is 0.104. The highest BCUT2D eigenvalue weighted by atomic mass is 32.2. The van der Waals surface area contributed by atoms with E-state index in [9.17, 15) is 15.2 Å². The number of carbonyl (C=O) groups is 1. The van der Waals surface area contributed by atoms with Gasteiger partial charge in [0.25, 0.3) is 11.8 Å². The number of hydrogen-bond acceptors (Lipinski definition) is 13. The van der Waals surface area contributed by atoms with Crippen molar-refractivity contribution in [3.8, 4) is 41.0 Å². The average molecular weight is 713 g/mol. The molecule has 5 aromatic rings. The second kappa shape index (κ2) is 15.8. The maximum absolute atomic E-state index is 16.4. The lowest BCUT2D eigenvalue weighted by Gasteiger charge is -2.22. The second-order valence-electron chi connectivity index (χ2n) is 11.0. The van der Waals surface area contributed by atoms with Crippen molar-refractivity contribution in [3.63, 3.8) is 0 Å². The Morgan fingerprint density at radius 1 is 1.02 bits per heavy atom. The predicted octanol–water partition coefficient (Wildman–Crippen LogP) is 6.75. The van der Waals surface area contributed by atoms with E-state index in [1.165, 1.54) is 18.2 Å². The molecule has 6 rings (SSSR count). The molecule has 2 N–H and O–H groups in total. The second-order valence-corrected chi connectivity index (χ2v) is 12.0. The molecule has 0 saturated carbocycles. The van der Waals surface area contributed by atoms with Crippen LogP contribution in [0.5, 0.6) is 34.9 Å². The number of hydrogen-bond donors (Lipinski definition) is 2. The van der Waals surface area contributed by atoms with Crippen LogP contribution in [0.4, 0.5) is 8.78 Å². The van der Waals surface area contributed by atoms with E-state index in [0.717, 1.165) is 24.8 Å². The van der Waals surface area contributed by atoms with Gasteiger partial charge < -0.3 is 24.1 Å². The van der Waals surface area contributed by atoms with Crippen molar-refractivity contribution in [3.05, 3.63) is 113 Å². The van der Waals surface area contributed by atoms with Gasteiger partial charge in [-0.25, -0.2) is 9.78 Å². The number of carbonyl (C=O) groups excluding carboxylic acids is 1. The van der Waals surface area contributed by atoms with Gasteiger partial charge in [-0.15, -0.1) is 0 Å². The van der Waals surface area contributed by atoms with Crippen LogP contribution < -0.4 is 19.5 Å². The molecule has 0 bridgehead atoms. The molecule has 3 heterocycles. The van der Waals surface area contributed by atoms with E-state index in [0.29, 0.717) is 17.3 Å². The standard InChI is InChI=1S/C36H30F2N6O6S/c1-3-47-35(46)24-19-41-36(42-32(24)45)51-30-28(37)33(49-25-12-8-7-11-23(25)31-40-15-16-44(31)2)43-34(29(30)38)50-27-17-22(18-39)13-14-26(27)48-20-21-9-5-4-6-10-21/h4-14,17,19,31,40H,3,15-16,20H2,1-2H3,(H,41,42,45). The molecule has 1 atom stereocenters. The minimum Gasteiger partial charge on any atom is -0.493 e. The highest BCUT2D eigenvalue weighted by Gasteiger charge is 2.29. The molecule has 0 spiro atoms. The Balaban J connectivity index is 1.41. The Hall–Kier alpha value is -5.82. The van der Waals surface area contributed by atoms with Crippen molar-refractivity contribution in [2.24, 2.45) is 0 Å². The SMILES string of the molecule is CCOC(=O)c1cnc(Sc2c(F)c(Oc3cc(C#N)ccc3OCc3ccccc3)nc(Oc3ccccc3C3NCCN3C)c2F)nc1O. The Bertz CT molecular complexity index is 2100. The zero-order chi connectivity index (χ0) is 35.9. The topological polar surface area (TPSA) is 152 Å². The maximum Gasteiger partial charge on any atom is 0.345 e. The summed E-state index contributed by atoms with van der Waals surface area (Å²) in [6.45, 7) is 3.24. The van der Waals surface area contributed by atoms with Crippen molar-refractivity contribution in [2.75, 3.05) is 26.7 Å². The minimum atomic E-state index is -1.26. The number of esters is 1. The van der Waals surface area contributed by atoms with Crippen LogP contribution in [0.25, 0.3) is 0 Å². The summed E-state index contributed by atoms with van der Waals surface area (Å²) < 4.78 is 55.5. The Morgan fingerprint density at radius 3 is 2.43 bits per heavy atom. The molecule has 1 aliphatic heterocycles. The van der Waals surface area contributed by atoms with Crippen molar-refractivity contribution < 1.29 is 37.6 Å². The van der Waals surface area contributed by atoms with E-state index in [1.54, 1.807) is 19.1 Å². The number of rotatable bonds is 12. The van der Waals surface area contributed by atoms with Gasteiger partial charge in [-0.3, -0.25) is 10.2 Å². The molecule has 1 fully saturated rings. The Morgan fingerprint density at radius 2 is 1.75 bits per heavy atom. The molecule has 0 aliphatic carbocycles. The van der Waals surface area contributed by atoms with Gasteiger partial charge in [0.2, 0.25) is 17.5 Å². The van der Waals surface area contributed by atoms with Gasteiger partial charge in [0, 0.05) is 30.9 Å². The smallest absolute Gasteiger partial charge is 0.345 e. The van der Waals surface area contributed by atoms with Gasteiger partial charge in [0.15, 0.2) is 16.7 Å². The third-order valence-electron chi connectivity index (χ3n) is 7.59. The van der Waals surface area contributed by atoms with Gasteiger partial charge >= 0.3 is 5.97 Å². The zero-order valence-corrected chi connectivity index (χ0v) is 28.1. The predicted molar refractivity (Wildman–Crippen MR) is 180 cm³/mol. The van der Waals surface area contributed by atoms with Crippen LogP contribution in [0.1, 0.15) is 40.1 Å². The number of pyridine rings is 1. The number of likely N-dealkylation sites (N-methyl/N-ethyl adjacent to an activating group) is 1. The third kappa shape index (κ3) is 7.99. The summed E-state index contributed by atoms with van der Waals surface area (Å²) in [5.74, 6) is -5.12. The first-order valence-electron chi connectivity index (χ1n) is 15.6. The molecule has 1 unspecified atom stereocenters. The average Bonchev–Trinajstić information content (AvgIpc) is 3.57. The van der Waals surface area contributed by atoms with E-state index in [1.807, 2.05) is 55.6 Å². The van der Waals surface area contributed by atoms with Crippen molar-refractivity contribution >= 4 is 17.7 Å². The lowest BCUT2D eigenvalue weighted by molar-refractivity contribution is 0.0521. The van der Waals surface area contributed by atoms with Crippen molar-refractivity contribution in [1.29, 1.82) is 5.26 Å². The molecule has 0 amide bonds. The van der Waals surface area contributed by atoms with Crippen LogP contribution in [0, 0.1) is 23.0 Å². The van der Waals surface area contributed by atoms with Gasteiger partial charge in [-0.2, -0.15) is 24.0 Å². The fraction of sp³-hybridized carbons (Fsp3) is 0.194. The lowest BCUT2D eigenvalue weighted by Crippen LogP contribution is -2.24. The summed E-state index contributed by atoms with van der Waals surface area (Å²) in [5, 5.41) is 23.1. The number of aromatic hydroxyl groups is 1. The number of benzene rings is 3. The van der Waals surface area contributed by atoms with Crippen molar-refractivity contribution in [2.45, 2.75) is 29.7 Å². The molecule has 1 aliphatic rings. The van der Waals surface area contributed by atoms with Gasteiger partial charge in [-0.05, 0) is 49.5 Å². The number of ether oxygens (including phenoxy) is 4. The zero-order valence-electron chi connectivity index (χ0n) is 27.3. The van der Waals surface area contributed by atoms with E-state index >= 15 is 8.78 Å². The largest absolute Gasteiger partial charge is 0.493 e. The molecule has 3 aromatic carbocycles. The summed E-state index contributed by atoms with van der Waals surface area (Å²) >= 11 is 0.399. The highest BCUT2D eigenvalue weighted by Crippen LogP contribution is 2.43. The fourth-order valence-electron chi connectivity index (χ4n) is 5.09. The molecule has 12 nitrogen and oxygen atoms in total. The van der Waals surface area contributed by atoms with E-state index in [4.69, 9.17) is 18.9 Å². The molecule has 260 valence electrons. The normalized spacial score (nSPS) is 14.1. The number of aromatic nitrogens is 3. The number of nitrogens with one attached hydrogen (secondary N) is 1. The molecule has 1 saturated heterocycles. The van der Waals surface area contributed by atoms with Crippen molar-refractivity contribution in [1.82, 2.24) is 25.2 Å². The van der Waals surface area contributed by atoms with Crippen LogP contribution in [0.3, 0.4) is 0 Å². The van der Waals surface area contributed by atoms with Crippen LogP contribution >= 0.6 is 11.8 Å². The molecule has 0 radical (unpaired) electrons. The van der Waals surface area contributed by atoms with E-state index < -0.39 is 40.1 Å². The molecule has 2 aromatic heterocycles. The monoisotopic (exact) mass is 712 g/mol. The third-order valence-corrected chi connectivity index (χ3v) is 8.53. The number of nitrogens with zero attached hydrogens (tertiary/aromatic N) is 5. The Labute approximate surface area is 295 Å². The summed E-state index contributed by atoms with van der Waals surface area (Å²) in [7, 11) is 1.92. The first-order chi connectivity index (χ1) is 24.7. The lowest BCUT2D eigenvalue weighted by atomic mass is 10.1. The van der Waals surface area contributed by atoms with Crippen LogP contribution in [-0.4, -0.2) is 57.7 Å². The summed E-state index contributed by atoms with van der Waals surface area (Å²) in [4.78, 5) is 25.5. The summed E-state index contributed by atoms with van der Waals surface area (Å²) in [6, 6.07) is 22.6. The minimum absolute atomic E-state index is 0.0419. The van der Waals surface area contributed by atoms with Gasteiger partial charge in [0.05, 0.1) is 29.3 Å². The first kappa shape index (κ1) is 35.0. The molecular weight excluding hydrogens is 682 g/mol. The number of para-hydroxylation sites is 1. The van der Waals surface area contributed by atoms with Crippen LogP contribution in [-0.2, 0) is 11.3 Å². The first-order valence-corrected chi connectivity index (χ1v) is 16.5. The van der Waals surface area contributed by atoms with Crippen LogP contribution in [0.15, 0.2) is 89.0 Å². The number of nitriles is 1. The summed E-state index contributed by atoms with van der Waals surface area (Å²) in [6.07, 6.45) is 0.737. The Kier molecular flexibility index (Phi) is 10.9. The van der Waals surface area contributed by atoms with Gasteiger partial charge in [0.1, 0.15) is 17.9 Å². The van der Waals surface area contributed by atoms with E-state index in [-0.39, 0.29) is 52.9 Å². The highest BCUT2D eigenvalue weighted by molar-refractivity contribution is 7.99. The summed E-state index contributed by atoms with van der Waals surface area (Å²) in [5.41, 5.74) is 1.37. The molecule has 15 heteroatoms.